The third-order valence-electron chi connectivity index (χ3n) is 3.07. The molecule has 0 spiro atoms. The van der Waals surface area contributed by atoms with Crippen molar-refractivity contribution in [3.63, 3.8) is 0 Å². The van der Waals surface area contributed by atoms with Gasteiger partial charge in [-0.3, -0.25) is 9.40 Å². The molecule has 1 heterocycles. The van der Waals surface area contributed by atoms with E-state index in [4.69, 9.17) is 0 Å². The normalized spacial score (nSPS) is 13.0. The van der Waals surface area contributed by atoms with Gasteiger partial charge in [0, 0.05) is 25.9 Å². The van der Waals surface area contributed by atoms with Crippen LogP contribution in [0.4, 0.5) is 5.82 Å². The lowest BCUT2D eigenvalue weighted by Crippen LogP contribution is -2.38. The molecule has 11 heteroatoms. The van der Waals surface area contributed by atoms with Gasteiger partial charge < -0.3 is 5.11 Å². The molecule has 1 aromatic heterocycles. The molecule has 2 aromatic rings. The molecule has 0 radical (unpaired) electrons. The number of aliphatic hydroxyl groups is 1. The Morgan fingerprint density at radius 2 is 1.72 bits per heavy atom. The summed E-state index contributed by atoms with van der Waals surface area (Å²) in [6, 6.07) is 6.39. The summed E-state index contributed by atoms with van der Waals surface area (Å²) in [7, 11) is -6.32. The third-order valence-corrected chi connectivity index (χ3v) is 5.82. The fourth-order valence-corrected chi connectivity index (χ4v) is 4.20. The molecule has 0 aliphatic heterocycles. The van der Waals surface area contributed by atoms with Crippen molar-refractivity contribution >= 4 is 25.9 Å². The van der Waals surface area contributed by atoms with Gasteiger partial charge in [0.15, 0.2) is 5.82 Å². The molecule has 0 bridgehead atoms. The second-order valence-corrected chi connectivity index (χ2v) is 9.54. The number of aryl methyl sites for hydroxylation is 1. The van der Waals surface area contributed by atoms with E-state index in [2.05, 4.69) is 14.5 Å². The van der Waals surface area contributed by atoms with E-state index in [1.807, 2.05) is 0 Å². The zero-order chi connectivity index (χ0) is 18.9. The van der Waals surface area contributed by atoms with Crippen LogP contribution in [0, 0.1) is 0 Å². The number of anilines is 1. The Hall–Kier alpha value is -1.95. The molecular weight excluding hydrogens is 368 g/mol. The number of rotatable bonds is 7. The number of nitrogens with one attached hydrogen (secondary N) is 2. The van der Waals surface area contributed by atoms with Crippen LogP contribution in [0.25, 0.3) is 0 Å². The quantitative estimate of drug-likeness (QED) is 0.624. The summed E-state index contributed by atoms with van der Waals surface area (Å²) >= 11 is 0. The van der Waals surface area contributed by atoms with E-state index in [0.717, 1.165) is 6.07 Å². The van der Waals surface area contributed by atoms with Gasteiger partial charge in [0.1, 0.15) is 0 Å². The molecule has 0 aliphatic rings. The van der Waals surface area contributed by atoms with Gasteiger partial charge in [-0.2, -0.15) is 5.10 Å². The van der Waals surface area contributed by atoms with Crippen LogP contribution in [0.1, 0.15) is 13.8 Å². The average molecular weight is 388 g/mol. The van der Waals surface area contributed by atoms with Gasteiger partial charge in [0.2, 0.25) is 10.0 Å². The van der Waals surface area contributed by atoms with Crippen LogP contribution in [0.15, 0.2) is 46.3 Å². The number of sulfonamides is 2. The lowest BCUT2D eigenvalue weighted by molar-refractivity contribution is 0.0857. The van der Waals surface area contributed by atoms with Gasteiger partial charge in [0.05, 0.1) is 15.4 Å². The summed E-state index contributed by atoms with van der Waals surface area (Å²) in [6.45, 7) is 2.69. The molecule has 138 valence electrons. The molecule has 0 fully saturated rings. The third kappa shape index (κ3) is 5.26. The number of nitrogens with zero attached hydrogens (tertiary/aromatic N) is 2. The molecule has 9 nitrogen and oxygen atoms in total. The molecule has 0 unspecified atom stereocenters. The standard InChI is InChI=1S/C14H20N4O5S2/c1-14(2,19)10-15-24(20,21)11-5-4-6-12(9-11)25(22,23)17-13-7-8-18(3)16-13/h4-9,15,19H,10H2,1-3H3,(H,16,17). The molecule has 0 saturated carbocycles. The lowest BCUT2D eigenvalue weighted by Gasteiger charge is -2.17. The predicted octanol–water partition coefficient (Wildman–Crippen LogP) is 0.270. The maximum atomic E-state index is 12.4. The molecule has 0 aliphatic carbocycles. The van der Waals surface area contributed by atoms with Crippen LogP contribution in [0.3, 0.4) is 0 Å². The topological polar surface area (TPSA) is 130 Å². The summed E-state index contributed by atoms with van der Waals surface area (Å²) in [5.74, 6) is 0.121. The second-order valence-electron chi connectivity index (χ2n) is 6.09. The Bertz CT molecular complexity index is 959. The van der Waals surface area contributed by atoms with Crippen molar-refractivity contribution in [2.24, 2.45) is 7.05 Å². The monoisotopic (exact) mass is 388 g/mol. The summed E-state index contributed by atoms with van der Waals surface area (Å²) < 4.78 is 55.3. The van der Waals surface area contributed by atoms with E-state index in [-0.39, 0.29) is 22.2 Å². The number of benzene rings is 1. The minimum atomic E-state index is -3.99. The number of aromatic nitrogens is 2. The Kier molecular flexibility index (Phi) is 5.23. The summed E-state index contributed by atoms with van der Waals surface area (Å²) in [5, 5.41) is 13.6. The fraction of sp³-hybridized carbons (Fsp3) is 0.357. The van der Waals surface area contributed by atoms with Crippen molar-refractivity contribution in [1.29, 1.82) is 0 Å². The molecular formula is C14H20N4O5S2. The zero-order valence-corrected chi connectivity index (χ0v) is 15.6. The summed E-state index contributed by atoms with van der Waals surface area (Å²) in [4.78, 5) is -0.440. The Labute approximate surface area is 146 Å². The van der Waals surface area contributed by atoms with E-state index in [1.165, 1.54) is 42.8 Å². The van der Waals surface area contributed by atoms with Crippen LogP contribution in [0.2, 0.25) is 0 Å². The van der Waals surface area contributed by atoms with Gasteiger partial charge in [-0.15, -0.1) is 0 Å². The largest absolute Gasteiger partial charge is 0.389 e. The Balaban J connectivity index is 2.28. The lowest BCUT2D eigenvalue weighted by atomic mass is 10.1. The Morgan fingerprint density at radius 3 is 2.24 bits per heavy atom. The fourth-order valence-electron chi connectivity index (χ4n) is 1.83. The maximum Gasteiger partial charge on any atom is 0.263 e. The summed E-state index contributed by atoms with van der Waals surface area (Å²) in [6.07, 6.45) is 1.57. The van der Waals surface area contributed by atoms with Gasteiger partial charge in [-0.05, 0) is 32.0 Å². The minimum absolute atomic E-state index is 0.121. The number of hydrogen-bond donors (Lipinski definition) is 3. The molecule has 1 aromatic carbocycles. The van der Waals surface area contributed by atoms with Crippen molar-refractivity contribution in [2.45, 2.75) is 29.2 Å². The van der Waals surface area contributed by atoms with Crippen LogP contribution in [-0.2, 0) is 27.1 Å². The van der Waals surface area contributed by atoms with E-state index >= 15 is 0 Å². The van der Waals surface area contributed by atoms with Gasteiger partial charge in [-0.25, -0.2) is 21.6 Å². The van der Waals surface area contributed by atoms with Crippen LogP contribution >= 0.6 is 0 Å². The van der Waals surface area contributed by atoms with Gasteiger partial charge in [0.25, 0.3) is 10.0 Å². The first kappa shape index (κ1) is 19.4. The van der Waals surface area contributed by atoms with Crippen molar-refractivity contribution in [3.8, 4) is 0 Å². The maximum absolute atomic E-state index is 12.4. The van der Waals surface area contributed by atoms with E-state index in [1.54, 1.807) is 13.2 Å². The molecule has 0 amide bonds. The molecule has 25 heavy (non-hydrogen) atoms. The highest BCUT2D eigenvalue weighted by Gasteiger charge is 2.22. The van der Waals surface area contributed by atoms with Crippen molar-refractivity contribution in [1.82, 2.24) is 14.5 Å². The SMILES string of the molecule is Cn1ccc(NS(=O)(=O)c2cccc(S(=O)(=O)NCC(C)(C)O)c2)n1. The van der Waals surface area contributed by atoms with E-state index in [9.17, 15) is 21.9 Å². The highest BCUT2D eigenvalue weighted by Crippen LogP contribution is 2.18. The highest BCUT2D eigenvalue weighted by atomic mass is 32.2. The van der Waals surface area contributed by atoms with Crippen molar-refractivity contribution in [3.05, 3.63) is 36.5 Å². The first-order valence-electron chi connectivity index (χ1n) is 7.24. The van der Waals surface area contributed by atoms with Crippen molar-refractivity contribution < 1.29 is 21.9 Å². The molecule has 0 atom stereocenters. The van der Waals surface area contributed by atoms with Crippen LogP contribution in [0.5, 0.6) is 0 Å². The van der Waals surface area contributed by atoms with E-state index in [0.29, 0.717) is 0 Å². The van der Waals surface area contributed by atoms with Crippen LogP contribution in [-0.4, -0.2) is 43.9 Å². The van der Waals surface area contributed by atoms with Crippen molar-refractivity contribution in [2.75, 3.05) is 11.3 Å². The highest BCUT2D eigenvalue weighted by molar-refractivity contribution is 7.93. The molecule has 0 saturated heterocycles. The summed E-state index contributed by atoms with van der Waals surface area (Å²) in [5.41, 5.74) is -1.24. The number of hydrogen-bond acceptors (Lipinski definition) is 6. The van der Waals surface area contributed by atoms with E-state index < -0.39 is 25.6 Å². The second kappa shape index (κ2) is 6.75. The molecule has 2 rings (SSSR count). The zero-order valence-electron chi connectivity index (χ0n) is 14.0. The van der Waals surface area contributed by atoms with Crippen LogP contribution < -0.4 is 9.44 Å². The molecule has 3 N–H and O–H groups in total. The Morgan fingerprint density at radius 1 is 1.12 bits per heavy atom. The average Bonchev–Trinajstić information content (AvgIpc) is 2.89. The predicted molar refractivity (Wildman–Crippen MR) is 91.9 cm³/mol. The van der Waals surface area contributed by atoms with Gasteiger partial charge in [-0.1, -0.05) is 6.07 Å². The minimum Gasteiger partial charge on any atom is -0.389 e. The first-order chi connectivity index (χ1) is 11.4. The smallest absolute Gasteiger partial charge is 0.263 e. The first-order valence-corrected chi connectivity index (χ1v) is 10.2. The van der Waals surface area contributed by atoms with Gasteiger partial charge >= 0.3 is 0 Å².